The fourth-order valence-corrected chi connectivity index (χ4v) is 4.34. The van der Waals surface area contributed by atoms with E-state index < -0.39 is 10.0 Å². The number of sulfonamides is 1. The zero-order valence-electron chi connectivity index (χ0n) is 17.4. The Balaban J connectivity index is 1.13. The van der Waals surface area contributed by atoms with Crippen LogP contribution >= 0.6 is 0 Å². The first-order valence-electron chi connectivity index (χ1n) is 10.4. The fraction of sp³-hybridized carbons (Fsp3) is 0.364. The van der Waals surface area contributed by atoms with Crippen molar-refractivity contribution in [2.75, 3.05) is 19.8 Å². The van der Waals surface area contributed by atoms with Crippen LogP contribution in [0.15, 0.2) is 51.8 Å². The number of fused-ring (bicyclic) bond motifs is 2. The van der Waals surface area contributed by atoms with Gasteiger partial charge in [-0.1, -0.05) is 18.6 Å². The summed E-state index contributed by atoms with van der Waals surface area (Å²) in [5, 5.41) is 0. The number of aromatic nitrogens is 1. The smallest absolute Gasteiger partial charge is 0.306 e. The van der Waals surface area contributed by atoms with Gasteiger partial charge in [-0.2, -0.15) is 0 Å². The van der Waals surface area contributed by atoms with Crippen LogP contribution in [0.2, 0.25) is 0 Å². The lowest BCUT2D eigenvalue weighted by Crippen LogP contribution is -2.25. The average molecular weight is 461 g/mol. The molecule has 0 saturated carbocycles. The van der Waals surface area contributed by atoms with Crippen molar-refractivity contribution in [3.63, 3.8) is 0 Å². The first-order chi connectivity index (χ1) is 15.5. The van der Waals surface area contributed by atoms with Crippen molar-refractivity contribution in [2.45, 2.75) is 37.2 Å². The number of hydrogen-bond donors (Lipinski definition) is 1. The number of nitrogens with one attached hydrogen (secondary N) is 1. The summed E-state index contributed by atoms with van der Waals surface area (Å²) in [5.74, 6) is 0.978. The molecule has 0 amide bonds. The Morgan fingerprint density at radius 2 is 1.84 bits per heavy atom. The van der Waals surface area contributed by atoms with Crippen molar-refractivity contribution in [3.05, 3.63) is 48.4 Å². The quantitative estimate of drug-likeness (QED) is 0.362. The Morgan fingerprint density at radius 3 is 2.69 bits per heavy atom. The molecule has 0 bridgehead atoms. The average Bonchev–Trinajstić information content (AvgIpc) is 3.22. The molecule has 1 aromatic heterocycles. The predicted octanol–water partition coefficient (Wildman–Crippen LogP) is 3.18. The summed E-state index contributed by atoms with van der Waals surface area (Å²) in [5.41, 5.74) is 1.37. The van der Waals surface area contributed by atoms with Crippen molar-refractivity contribution >= 4 is 27.1 Å². The topological polar surface area (TPSA) is 117 Å². The number of hydrogen-bond acceptors (Lipinski definition) is 8. The molecular weight excluding hydrogens is 436 g/mol. The first-order valence-corrected chi connectivity index (χ1v) is 11.9. The van der Waals surface area contributed by atoms with Crippen molar-refractivity contribution in [3.8, 4) is 11.5 Å². The second-order valence-corrected chi connectivity index (χ2v) is 9.02. The number of carbonyl (C=O) groups excluding carboxylic acids is 1. The van der Waals surface area contributed by atoms with E-state index in [2.05, 4.69) is 9.71 Å². The third kappa shape index (κ3) is 5.57. The number of unbranched alkanes of at least 4 members (excludes halogenated alkanes) is 2. The first kappa shape index (κ1) is 22.1. The van der Waals surface area contributed by atoms with Gasteiger partial charge in [0.25, 0.3) is 0 Å². The molecule has 1 N–H and O–H groups in total. The van der Waals surface area contributed by atoms with Crippen LogP contribution in [0.5, 0.6) is 11.5 Å². The van der Waals surface area contributed by atoms with E-state index in [-0.39, 0.29) is 30.4 Å². The number of para-hydroxylation sites is 2. The van der Waals surface area contributed by atoms with E-state index >= 15 is 0 Å². The monoisotopic (exact) mass is 460 g/mol. The Morgan fingerprint density at radius 1 is 1.03 bits per heavy atom. The zero-order chi connectivity index (χ0) is 22.4. The van der Waals surface area contributed by atoms with Gasteiger partial charge in [0.15, 0.2) is 23.7 Å². The van der Waals surface area contributed by atoms with Crippen LogP contribution < -0.4 is 14.2 Å². The van der Waals surface area contributed by atoms with Gasteiger partial charge in [-0.05, 0) is 37.1 Å². The highest BCUT2D eigenvalue weighted by atomic mass is 32.2. The third-order valence-corrected chi connectivity index (χ3v) is 6.33. The fourth-order valence-electron chi connectivity index (χ4n) is 3.25. The minimum absolute atomic E-state index is 0.0111. The maximum Gasteiger partial charge on any atom is 0.306 e. The summed E-state index contributed by atoms with van der Waals surface area (Å²) >= 11 is 0. The molecule has 0 unspecified atom stereocenters. The SMILES string of the molecule is O=C(CCCCCNS(=O)(=O)c1ccc2c(c1)OCCO2)OCc1nc2ccccc2o1. The molecule has 2 heterocycles. The second kappa shape index (κ2) is 10.0. The number of rotatable bonds is 10. The zero-order valence-corrected chi connectivity index (χ0v) is 18.2. The van der Waals surface area contributed by atoms with Gasteiger partial charge < -0.3 is 18.6 Å². The van der Waals surface area contributed by atoms with Crippen LogP contribution in [-0.2, 0) is 26.2 Å². The molecule has 0 atom stereocenters. The van der Waals surface area contributed by atoms with Crippen LogP contribution in [0.3, 0.4) is 0 Å². The Hall–Kier alpha value is -3.11. The van der Waals surface area contributed by atoms with Gasteiger partial charge in [0.1, 0.15) is 18.7 Å². The summed E-state index contributed by atoms with van der Waals surface area (Å²) in [4.78, 5) is 16.3. The van der Waals surface area contributed by atoms with Gasteiger partial charge in [-0.25, -0.2) is 18.1 Å². The molecule has 0 aliphatic carbocycles. The molecule has 9 nitrogen and oxygen atoms in total. The maximum atomic E-state index is 12.4. The summed E-state index contributed by atoms with van der Waals surface area (Å²) in [6.07, 6.45) is 2.12. The van der Waals surface area contributed by atoms with Crippen molar-refractivity contribution in [2.24, 2.45) is 0 Å². The third-order valence-electron chi connectivity index (χ3n) is 4.87. The molecule has 10 heteroatoms. The number of esters is 1. The van der Waals surface area contributed by atoms with Crippen LogP contribution in [0.1, 0.15) is 31.6 Å². The van der Waals surface area contributed by atoms with E-state index in [1.807, 2.05) is 18.2 Å². The maximum absolute atomic E-state index is 12.4. The number of nitrogens with zero attached hydrogens (tertiary/aromatic N) is 1. The molecule has 2 aromatic carbocycles. The highest BCUT2D eigenvalue weighted by Crippen LogP contribution is 2.32. The Bertz CT molecular complexity index is 1160. The van der Waals surface area contributed by atoms with Crippen molar-refractivity contribution in [1.29, 1.82) is 0 Å². The predicted molar refractivity (Wildman–Crippen MR) is 115 cm³/mol. The molecule has 3 aromatic rings. The molecule has 0 saturated heterocycles. The van der Waals surface area contributed by atoms with Crippen molar-refractivity contribution < 1.29 is 31.8 Å². The van der Waals surface area contributed by atoms with Crippen LogP contribution in [0.4, 0.5) is 0 Å². The highest BCUT2D eigenvalue weighted by molar-refractivity contribution is 7.89. The van der Waals surface area contributed by atoms with Crippen LogP contribution in [0.25, 0.3) is 11.1 Å². The molecule has 170 valence electrons. The molecule has 1 aliphatic rings. The number of ether oxygens (including phenoxy) is 3. The van der Waals surface area contributed by atoms with Crippen LogP contribution in [-0.4, -0.2) is 39.1 Å². The molecule has 32 heavy (non-hydrogen) atoms. The van der Waals surface area contributed by atoms with Gasteiger partial charge in [-0.3, -0.25) is 4.79 Å². The van der Waals surface area contributed by atoms with Gasteiger partial charge in [0, 0.05) is 19.0 Å². The highest BCUT2D eigenvalue weighted by Gasteiger charge is 2.19. The van der Waals surface area contributed by atoms with Crippen LogP contribution in [0, 0.1) is 0 Å². The van der Waals surface area contributed by atoms with Gasteiger partial charge >= 0.3 is 5.97 Å². The van der Waals surface area contributed by atoms with Gasteiger partial charge in [-0.15, -0.1) is 0 Å². The molecule has 0 fully saturated rings. The molecule has 0 spiro atoms. The Kier molecular flexibility index (Phi) is 6.91. The molecule has 0 radical (unpaired) electrons. The molecular formula is C22H24N2O7S. The summed E-state index contributed by atoms with van der Waals surface area (Å²) in [7, 11) is -3.64. The lowest BCUT2D eigenvalue weighted by Gasteiger charge is -2.18. The largest absolute Gasteiger partial charge is 0.486 e. The molecule has 4 rings (SSSR count). The van der Waals surface area contributed by atoms with E-state index in [0.717, 1.165) is 5.52 Å². The standard InChI is InChI=1S/C22H24N2O7S/c25-22(30-15-21-24-17-6-3-4-7-18(17)31-21)8-2-1-5-11-23-32(26,27)16-9-10-19-20(14-16)29-13-12-28-19/h3-4,6-7,9-10,14,23H,1-2,5,8,11-13,15H2. The van der Waals surface area contributed by atoms with Gasteiger partial charge in [0.2, 0.25) is 15.9 Å². The van der Waals surface area contributed by atoms with E-state index in [0.29, 0.717) is 55.4 Å². The second-order valence-electron chi connectivity index (χ2n) is 7.25. The number of benzene rings is 2. The Labute approximate surface area is 185 Å². The normalized spacial score (nSPS) is 13.2. The number of oxazole rings is 1. The van der Waals surface area contributed by atoms with E-state index in [4.69, 9.17) is 18.6 Å². The van der Waals surface area contributed by atoms with E-state index in [1.165, 1.54) is 12.1 Å². The summed E-state index contributed by atoms with van der Waals surface area (Å²) < 4.78 is 49.0. The van der Waals surface area contributed by atoms with E-state index in [9.17, 15) is 13.2 Å². The minimum atomic E-state index is -3.64. The molecule has 1 aliphatic heterocycles. The summed E-state index contributed by atoms with van der Waals surface area (Å²) in [6, 6.07) is 11.9. The van der Waals surface area contributed by atoms with Gasteiger partial charge in [0.05, 0.1) is 4.90 Å². The van der Waals surface area contributed by atoms with Crippen molar-refractivity contribution in [1.82, 2.24) is 9.71 Å². The van der Waals surface area contributed by atoms with E-state index in [1.54, 1.807) is 12.1 Å². The minimum Gasteiger partial charge on any atom is -0.486 e. The number of carbonyl (C=O) groups is 1. The lowest BCUT2D eigenvalue weighted by molar-refractivity contribution is -0.145. The summed E-state index contributed by atoms with van der Waals surface area (Å²) in [6.45, 7) is 1.10. The lowest BCUT2D eigenvalue weighted by atomic mass is 10.2.